The van der Waals surface area contributed by atoms with Gasteiger partial charge in [0.05, 0.1) is 5.57 Å². The SMILES string of the molecule is CC=CC=CC(=O)[C@@H]1[C@@H]([C@]2(C)OC(=O)C(C)=C2O)[C@H]2C(=C(O)C=CC=CC)C(=O)[C@]1(C)C(=O)C2(C)O. The maximum atomic E-state index is 13.8. The number of ketones is 3. The van der Waals surface area contributed by atoms with Crippen molar-refractivity contribution in [3.63, 3.8) is 0 Å². The first-order valence-electron chi connectivity index (χ1n) is 11.7. The first kappa shape index (κ1) is 27.1. The van der Waals surface area contributed by atoms with Gasteiger partial charge in [0, 0.05) is 23.3 Å². The molecule has 192 valence electrons. The summed E-state index contributed by atoms with van der Waals surface area (Å²) in [4.78, 5) is 53.5. The highest BCUT2D eigenvalue weighted by molar-refractivity contribution is 6.24. The summed E-state index contributed by atoms with van der Waals surface area (Å²) in [6.07, 6.45) is 12.0. The summed E-state index contributed by atoms with van der Waals surface area (Å²) in [5, 5.41) is 33.5. The Balaban J connectivity index is 2.41. The van der Waals surface area contributed by atoms with Gasteiger partial charge in [0.15, 0.2) is 23.0 Å². The number of cyclic esters (lactones) is 1. The molecule has 4 rings (SSSR count). The summed E-state index contributed by atoms with van der Waals surface area (Å²) >= 11 is 0. The number of carbonyl (C=O) groups excluding carboxylic acids is 4. The van der Waals surface area contributed by atoms with E-state index in [2.05, 4.69) is 0 Å². The van der Waals surface area contributed by atoms with E-state index in [9.17, 15) is 34.5 Å². The summed E-state index contributed by atoms with van der Waals surface area (Å²) in [6, 6.07) is 0. The van der Waals surface area contributed by atoms with Crippen LogP contribution in [0, 0.1) is 23.2 Å². The Bertz CT molecular complexity index is 1210. The van der Waals surface area contributed by atoms with Crippen LogP contribution in [0.25, 0.3) is 0 Å². The molecule has 1 unspecified atom stereocenters. The predicted octanol–water partition coefficient (Wildman–Crippen LogP) is 3.55. The molecule has 2 bridgehead atoms. The monoisotopic (exact) mass is 496 g/mol. The van der Waals surface area contributed by atoms with Crippen LogP contribution in [0.5, 0.6) is 0 Å². The number of esters is 1. The van der Waals surface area contributed by atoms with Crippen molar-refractivity contribution in [2.24, 2.45) is 23.2 Å². The van der Waals surface area contributed by atoms with Gasteiger partial charge in [0.25, 0.3) is 0 Å². The molecule has 4 aliphatic rings. The first-order valence-corrected chi connectivity index (χ1v) is 11.7. The van der Waals surface area contributed by atoms with Gasteiger partial charge in [-0.1, -0.05) is 36.5 Å². The van der Waals surface area contributed by atoms with Crippen LogP contribution in [-0.4, -0.2) is 49.8 Å². The second-order valence-electron chi connectivity index (χ2n) is 9.93. The lowest BCUT2D eigenvalue weighted by Crippen LogP contribution is -2.75. The quantitative estimate of drug-likeness (QED) is 0.167. The minimum Gasteiger partial charge on any atom is -0.508 e. The van der Waals surface area contributed by atoms with E-state index in [-0.39, 0.29) is 11.1 Å². The van der Waals surface area contributed by atoms with Crippen LogP contribution < -0.4 is 0 Å². The molecule has 0 aromatic heterocycles. The molecule has 0 spiro atoms. The topological polar surface area (TPSA) is 138 Å². The van der Waals surface area contributed by atoms with Crippen LogP contribution in [0.4, 0.5) is 0 Å². The molecule has 1 heterocycles. The number of rotatable bonds is 6. The molecule has 8 heteroatoms. The fraction of sp³-hybridized carbons (Fsp3) is 0.429. The maximum Gasteiger partial charge on any atom is 0.338 e. The second kappa shape index (κ2) is 9.17. The third-order valence-electron chi connectivity index (χ3n) is 7.68. The molecule has 0 aromatic rings. The van der Waals surface area contributed by atoms with Gasteiger partial charge in [-0.3, -0.25) is 14.4 Å². The van der Waals surface area contributed by atoms with Crippen LogP contribution >= 0.6 is 0 Å². The number of allylic oxidation sites excluding steroid dienone is 8. The van der Waals surface area contributed by atoms with Crippen LogP contribution in [0.3, 0.4) is 0 Å². The number of carbonyl (C=O) groups is 4. The maximum absolute atomic E-state index is 13.8. The lowest BCUT2D eigenvalue weighted by atomic mass is 9.40. The summed E-state index contributed by atoms with van der Waals surface area (Å²) in [5.74, 6) is -8.17. The highest BCUT2D eigenvalue weighted by Gasteiger charge is 2.77. The van der Waals surface area contributed by atoms with Crippen molar-refractivity contribution < 1.29 is 39.2 Å². The van der Waals surface area contributed by atoms with Gasteiger partial charge in [0.2, 0.25) is 0 Å². The van der Waals surface area contributed by atoms with Crippen molar-refractivity contribution in [3.05, 3.63) is 71.3 Å². The smallest absolute Gasteiger partial charge is 0.338 e. The average molecular weight is 497 g/mol. The van der Waals surface area contributed by atoms with Crippen LogP contribution in [-0.2, 0) is 23.9 Å². The lowest BCUT2D eigenvalue weighted by Gasteiger charge is -2.60. The number of aliphatic hydroxyl groups excluding tert-OH is 2. The molecule has 36 heavy (non-hydrogen) atoms. The third-order valence-corrected chi connectivity index (χ3v) is 7.68. The Morgan fingerprint density at radius 1 is 0.972 bits per heavy atom. The Labute approximate surface area is 210 Å². The van der Waals surface area contributed by atoms with Gasteiger partial charge in [0.1, 0.15) is 22.5 Å². The summed E-state index contributed by atoms with van der Waals surface area (Å²) in [7, 11) is 0. The van der Waals surface area contributed by atoms with E-state index in [0.717, 1.165) is 0 Å². The number of Topliss-reactive ketones (excluding diaryl/α,β-unsaturated/α-hetero) is 2. The molecule has 0 aromatic carbocycles. The number of fused-ring (bicyclic) bond motifs is 3. The fourth-order valence-corrected chi connectivity index (χ4v) is 5.93. The molecule has 3 aliphatic carbocycles. The molecule has 0 saturated heterocycles. The number of hydrogen-bond acceptors (Lipinski definition) is 8. The van der Waals surface area contributed by atoms with Crippen LogP contribution in [0.15, 0.2) is 71.3 Å². The van der Waals surface area contributed by atoms with Gasteiger partial charge in [-0.05, 0) is 53.7 Å². The van der Waals surface area contributed by atoms with Crippen LogP contribution in [0.1, 0.15) is 41.5 Å². The van der Waals surface area contributed by atoms with Gasteiger partial charge < -0.3 is 20.1 Å². The van der Waals surface area contributed by atoms with E-state index in [1.807, 2.05) is 0 Å². The van der Waals surface area contributed by atoms with Crippen molar-refractivity contribution in [1.29, 1.82) is 0 Å². The Morgan fingerprint density at radius 3 is 2.03 bits per heavy atom. The number of hydrogen-bond donors (Lipinski definition) is 3. The first-order chi connectivity index (χ1) is 16.7. The van der Waals surface area contributed by atoms with E-state index in [4.69, 9.17) is 4.74 Å². The highest BCUT2D eigenvalue weighted by Crippen LogP contribution is 2.64. The Hall–Kier alpha value is -3.52. The van der Waals surface area contributed by atoms with E-state index in [1.165, 1.54) is 52.0 Å². The van der Waals surface area contributed by atoms with E-state index in [0.29, 0.717) is 0 Å². The number of ether oxygens (including phenoxy) is 1. The highest BCUT2D eigenvalue weighted by atomic mass is 16.6. The van der Waals surface area contributed by atoms with E-state index < -0.39 is 69.2 Å². The van der Waals surface area contributed by atoms with Gasteiger partial charge in [-0.15, -0.1) is 0 Å². The molecule has 3 saturated carbocycles. The Morgan fingerprint density at radius 2 is 1.53 bits per heavy atom. The zero-order valence-corrected chi connectivity index (χ0v) is 21.2. The zero-order valence-electron chi connectivity index (χ0n) is 21.2. The summed E-state index contributed by atoms with van der Waals surface area (Å²) in [6.45, 7) is 8.72. The standard InChI is InChI=1S/C28H32O8/c1-7-9-11-13-16(29)18-20-21(28(6)22(31)15(3)24(33)36-28)19(17(30)14-12-10-8-2)26(4,23(18)32)25(34)27(20,5)35/h7-14,19-21,29,31,35H,1-6H3/t19-,20-,21-,26-,27?,28+/m1/s1. The third kappa shape index (κ3) is 3.63. The van der Waals surface area contributed by atoms with Gasteiger partial charge in [-0.25, -0.2) is 4.79 Å². The molecule has 3 fully saturated rings. The van der Waals surface area contributed by atoms with Gasteiger partial charge in [-0.2, -0.15) is 0 Å². The van der Waals surface area contributed by atoms with Crippen LogP contribution in [0.2, 0.25) is 0 Å². The molecule has 1 aliphatic heterocycles. The molecule has 8 nitrogen and oxygen atoms in total. The largest absolute Gasteiger partial charge is 0.508 e. The molecule has 0 amide bonds. The predicted molar refractivity (Wildman–Crippen MR) is 132 cm³/mol. The molecular formula is C28H32O8. The summed E-state index contributed by atoms with van der Waals surface area (Å²) in [5.41, 5.74) is -6.53. The van der Waals surface area contributed by atoms with Crippen molar-refractivity contribution in [1.82, 2.24) is 0 Å². The molecular weight excluding hydrogens is 464 g/mol. The fourth-order valence-electron chi connectivity index (χ4n) is 5.93. The van der Waals surface area contributed by atoms with E-state index in [1.54, 1.807) is 38.2 Å². The minimum absolute atomic E-state index is 0.0835. The molecule has 3 N–H and O–H groups in total. The summed E-state index contributed by atoms with van der Waals surface area (Å²) < 4.78 is 5.59. The lowest BCUT2D eigenvalue weighted by molar-refractivity contribution is -0.203. The van der Waals surface area contributed by atoms with Crippen molar-refractivity contribution in [2.75, 3.05) is 0 Å². The minimum atomic E-state index is -2.22. The second-order valence-corrected chi connectivity index (χ2v) is 9.93. The average Bonchev–Trinajstić information content (AvgIpc) is 3.01. The van der Waals surface area contributed by atoms with Gasteiger partial charge >= 0.3 is 5.97 Å². The van der Waals surface area contributed by atoms with Crippen molar-refractivity contribution in [2.45, 2.75) is 52.7 Å². The zero-order chi connectivity index (χ0) is 27.2. The molecule has 0 radical (unpaired) electrons. The molecule has 6 atom stereocenters. The van der Waals surface area contributed by atoms with Crippen molar-refractivity contribution >= 4 is 23.3 Å². The van der Waals surface area contributed by atoms with E-state index >= 15 is 0 Å². The number of aliphatic hydroxyl groups is 3. The normalized spacial score (nSPS) is 38.4. The van der Waals surface area contributed by atoms with Crippen molar-refractivity contribution in [3.8, 4) is 0 Å². The Kier molecular flexibility index (Phi) is 6.89.